The van der Waals surface area contributed by atoms with Gasteiger partial charge in [-0.15, -0.1) is 11.8 Å². The van der Waals surface area contributed by atoms with Crippen LogP contribution in [0.2, 0.25) is 0 Å². The first-order chi connectivity index (χ1) is 8.75. The molecule has 1 saturated carbocycles. The Morgan fingerprint density at radius 1 is 1.42 bits per heavy atom. The van der Waals surface area contributed by atoms with Crippen molar-refractivity contribution >= 4 is 27.7 Å². The number of benzene rings is 1. The molecule has 0 unspecified atom stereocenters. The van der Waals surface area contributed by atoms with Gasteiger partial charge in [-0.05, 0) is 50.3 Å². The van der Waals surface area contributed by atoms with Crippen molar-refractivity contribution in [2.75, 3.05) is 7.11 Å². The van der Waals surface area contributed by atoms with E-state index in [0.29, 0.717) is 5.25 Å². The third-order valence-electron chi connectivity index (χ3n) is 4.25. The fourth-order valence-electron chi connectivity index (χ4n) is 2.45. The van der Waals surface area contributed by atoms with E-state index in [-0.39, 0.29) is 5.41 Å². The lowest BCUT2D eigenvalue weighted by molar-refractivity contribution is -0.0870. The van der Waals surface area contributed by atoms with Crippen molar-refractivity contribution in [3.8, 4) is 5.75 Å². The van der Waals surface area contributed by atoms with Gasteiger partial charge in [-0.3, -0.25) is 0 Å². The monoisotopic (exact) mass is 344 g/mol. The maximum Gasteiger partial charge on any atom is 0.132 e. The maximum atomic E-state index is 10.2. The Hall–Kier alpha value is -0.190. The second kappa shape index (κ2) is 5.30. The summed E-state index contributed by atoms with van der Waals surface area (Å²) in [5.74, 6) is 0.921. The van der Waals surface area contributed by atoms with Gasteiger partial charge in [0.05, 0.1) is 17.6 Å². The van der Waals surface area contributed by atoms with Gasteiger partial charge in [0.2, 0.25) is 0 Å². The van der Waals surface area contributed by atoms with E-state index in [2.05, 4.69) is 28.9 Å². The average molecular weight is 345 g/mol. The van der Waals surface area contributed by atoms with Crippen LogP contribution in [0.5, 0.6) is 5.75 Å². The largest absolute Gasteiger partial charge is 0.496 e. The van der Waals surface area contributed by atoms with Crippen molar-refractivity contribution < 1.29 is 9.84 Å². The Morgan fingerprint density at radius 2 is 2.05 bits per heavy atom. The Bertz CT molecular complexity index is 462. The lowest BCUT2D eigenvalue weighted by Gasteiger charge is -2.52. The van der Waals surface area contributed by atoms with Crippen LogP contribution < -0.4 is 4.74 Å². The Morgan fingerprint density at radius 3 is 2.58 bits per heavy atom. The molecule has 0 aliphatic heterocycles. The Labute approximate surface area is 128 Å². The zero-order valence-corrected chi connectivity index (χ0v) is 14.3. The summed E-state index contributed by atoms with van der Waals surface area (Å²) in [6, 6.07) is 6.08. The summed E-state index contributed by atoms with van der Waals surface area (Å²) in [4.78, 5) is 1.17. The van der Waals surface area contributed by atoms with Crippen molar-refractivity contribution in [3.63, 3.8) is 0 Å². The molecule has 2 rings (SSSR count). The van der Waals surface area contributed by atoms with Gasteiger partial charge in [-0.25, -0.2) is 0 Å². The minimum atomic E-state index is -0.606. The van der Waals surface area contributed by atoms with Crippen molar-refractivity contribution in [2.24, 2.45) is 5.41 Å². The number of hydrogen-bond acceptors (Lipinski definition) is 3. The smallest absolute Gasteiger partial charge is 0.132 e. The maximum absolute atomic E-state index is 10.2. The van der Waals surface area contributed by atoms with Gasteiger partial charge < -0.3 is 9.84 Å². The van der Waals surface area contributed by atoms with Gasteiger partial charge in [0.15, 0.2) is 0 Å². The predicted octanol–water partition coefficient (Wildman–Crippen LogP) is 4.49. The molecule has 19 heavy (non-hydrogen) atoms. The molecule has 2 nitrogen and oxygen atoms in total. The highest BCUT2D eigenvalue weighted by Crippen LogP contribution is 2.55. The van der Waals surface area contributed by atoms with E-state index in [1.165, 1.54) is 4.90 Å². The second-order valence-electron chi connectivity index (χ2n) is 6.06. The molecular weight excluding hydrogens is 324 g/mol. The van der Waals surface area contributed by atoms with Gasteiger partial charge in [-0.2, -0.15) is 0 Å². The molecule has 0 bridgehead atoms. The minimum Gasteiger partial charge on any atom is -0.496 e. The fourth-order valence-corrected chi connectivity index (χ4v) is 4.69. The molecule has 0 heterocycles. The number of ether oxygens (including phenoxy) is 1. The van der Waals surface area contributed by atoms with Gasteiger partial charge in [-0.1, -0.05) is 22.9 Å². The van der Waals surface area contributed by atoms with Gasteiger partial charge in [0.25, 0.3) is 0 Å². The zero-order valence-electron chi connectivity index (χ0n) is 11.9. The van der Waals surface area contributed by atoms with E-state index in [4.69, 9.17) is 4.74 Å². The van der Waals surface area contributed by atoms with Gasteiger partial charge >= 0.3 is 0 Å². The van der Waals surface area contributed by atoms with E-state index in [0.717, 1.165) is 23.1 Å². The summed E-state index contributed by atoms with van der Waals surface area (Å²) >= 11 is 5.35. The molecule has 1 aromatic carbocycles. The van der Waals surface area contributed by atoms with Crippen LogP contribution in [-0.4, -0.2) is 23.1 Å². The van der Waals surface area contributed by atoms with Crippen LogP contribution in [0.4, 0.5) is 0 Å². The number of aliphatic hydroxyl groups is 1. The first kappa shape index (κ1) is 15.2. The molecule has 0 saturated heterocycles. The summed E-state index contributed by atoms with van der Waals surface area (Å²) in [5, 5.41) is 10.7. The van der Waals surface area contributed by atoms with Crippen LogP contribution in [0.15, 0.2) is 27.6 Å². The number of hydrogen-bond donors (Lipinski definition) is 1. The van der Waals surface area contributed by atoms with E-state index in [1.54, 1.807) is 7.11 Å². The zero-order chi connectivity index (χ0) is 14.3. The molecule has 106 valence electrons. The van der Waals surface area contributed by atoms with Crippen LogP contribution in [0.25, 0.3) is 0 Å². The molecular formula is C15H21BrO2S. The van der Waals surface area contributed by atoms with Crippen molar-refractivity contribution in [2.45, 2.75) is 49.4 Å². The molecule has 4 heteroatoms. The first-order valence-corrected chi connectivity index (χ1v) is 8.15. The summed E-state index contributed by atoms with van der Waals surface area (Å²) in [5.41, 5.74) is -0.574. The SMILES string of the molecule is COc1ccc(Br)cc1S[C@H]1C[C@](C)(C(C)(C)O)C1. The molecule has 0 radical (unpaired) electrons. The van der Waals surface area contributed by atoms with E-state index in [9.17, 15) is 5.11 Å². The van der Waals surface area contributed by atoms with Crippen LogP contribution in [0.1, 0.15) is 33.6 Å². The lowest BCUT2D eigenvalue weighted by atomic mass is 9.61. The highest BCUT2D eigenvalue weighted by molar-refractivity contribution is 9.10. The topological polar surface area (TPSA) is 29.5 Å². The Balaban J connectivity index is 2.04. The molecule has 1 N–H and O–H groups in total. The number of halogens is 1. The first-order valence-electron chi connectivity index (χ1n) is 6.48. The Kier molecular flexibility index (Phi) is 4.24. The van der Waals surface area contributed by atoms with Crippen LogP contribution in [0, 0.1) is 5.41 Å². The second-order valence-corrected chi connectivity index (χ2v) is 8.32. The normalized spacial score (nSPS) is 26.9. The summed E-state index contributed by atoms with van der Waals surface area (Å²) in [7, 11) is 1.70. The standard InChI is InChI=1S/C15H21BrO2S/c1-14(2,17)15(3)8-11(9-15)19-13-7-10(16)5-6-12(13)18-4/h5-7,11,17H,8-9H2,1-4H3/t11-,15-. The van der Waals surface area contributed by atoms with Crippen molar-refractivity contribution in [1.82, 2.24) is 0 Å². The third-order valence-corrected chi connectivity index (χ3v) is 5.99. The van der Waals surface area contributed by atoms with Crippen molar-refractivity contribution in [3.05, 3.63) is 22.7 Å². The molecule has 0 aromatic heterocycles. The van der Waals surface area contributed by atoms with Crippen LogP contribution >= 0.6 is 27.7 Å². The fraction of sp³-hybridized carbons (Fsp3) is 0.600. The van der Waals surface area contributed by atoms with Gasteiger partial charge in [0, 0.05) is 9.72 Å². The summed E-state index contributed by atoms with van der Waals surface area (Å²) in [6.45, 7) is 5.99. The molecule has 1 fully saturated rings. The molecule has 0 spiro atoms. The molecule has 1 aromatic rings. The van der Waals surface area contributed by atoms with E-state index < -0.39 is 5.60 Å². The number of rotatable bonds is 4. The van der Waals surface area contributed by atoms with E-state index >= 15 is 0 Å². The number of methoxy groups -OCH3 is 1. The van der Waals surface area contributed by atoms with Crippen molar-refractivity contribution in [1.29, 1.82) is 0 Å². The average Bonchev–Trinajstić information content (AvgIpc) is 2.25. The highest BCUT2D eigenvalue weighted by Gasteiger charge is 2.50. The lowest BCUT2D eigenvalue weighted by Crippen LogP contribution is -2.51. The number of thioether (sulfide) groups is 1. The minimum absolute atomic E-state index is 0.0317. The molecule has 0 atom stereocenters. The molecule has 0 amide bonds. The third kappa shape index (κ3) is 3.11. The summed E-state index contributed by atoms with van der Waals surface area (Å²) < 4.78 is 6.47. The van der Waals surface area contributed by atoms with Crippen LogP contribution in [-0.2, 0) is 0 Å². The predicted molar refractivity (Wildman–Crippen MR) is 84.0 cm³/mol. The summed E-state index contributed by atoms with van der Waals surface area (Å²) in [6.07, 6.45) is 2.08. The molecule has 1 aliphatic rings. The van der Waals surface area contributed by atoms with Gasteiger partial charge in [0.1, 0.15) is 5.75 Å². The van der Waals surface area contributed by atoms with E-state index in [1.807, 2.05) is 37.7 Å². The highest BCUT2D eigenvalue weighted by atomic mass is 79.9. The quantitative estimate of drug-likeness (QED) is 0.872. The molecule has 1 aliphatic carbocycles. The van der Waals surface area contributed by atoms with Crippen LogP contribution in [0.3, 0.4) is 0 Å².